The van der Waals surface area contributed by atoms with Gasteiger partial charge in [-0.3, -0.25) is 0 Å². The third-order valence-electron chi connectivity index (χ3n) is 12.2. The molecule has 0 spiro atoms. The van der Waals surface area contributed by atoms with Crippen molar-refractivity contribution >= 4 is 21.9 Å². The Morgan fingerprint density at radius 2 is 1.70 bits per heavy atom. The molecule has 1 aromatic rings. The van der Waals surface area contributed by atoms with Gasteiger partial charge in [-0.05, 0) is 110 Å². The van der Waals surface area contributed by atoms with E-state index in [1.54, 1.807) is 0 Å². The van der Waals surface area contributed by atoms with E-state index in [2.05, 4.69) is 50.5 Å². The summed E-state index contributed by atoms with van der Waals surface area (Å²) in [4.78, 5) is 12.8. The Hall–Kier alpha value is -0.830. The molecule has 4 aliphatic carbocycles. The van der Waals surface area contributed by atoms with Crippen molar-refractivity contribution in [1.82, 2.24) is 0 Å². The first-order chi connectivity index (χ1) is 17.6. The minimum atomic E-state index is -0.160. The molecule has 3 heteroatoms. The molecular weight excluding hydrogens is 520 g/mol. The highest BCUT2D eigenvalue weighted by molar-refractivity contribution is 9.10. The molecule has 9 atom stereocenters. The van der Waals surface area contributed by atoms with Gasteiger partial charge in [-0.15, -0.1) is 0 Å². The van der Waals surface area contributed by atoms with Gasteiger partial charge in [0.1, 0.15) is 6.10 Å². The molecule has 0 saturated heterocycles. The van der Waals surface area contributed by atoms with Crippen molar-refractivity contribution in [2.45, 2.75) is 122 Å². The maximum absolute atomic E-state index is 12.8. The van der Waals surface area contributed by atoms with Crippen molar-refractivity contribution in [1.29, 1.82) is 0 Å². The lowest BCUT2D eigenvalue weighted by Crippen LogP contribution is -2.60. The van der Waals surface area contributed by atoms with Crippen LogP contribution in [0.1, 0.15) is 122 Å². The fraction of sp³-hybridized carbons (Fsp3) is 0.794. The number of hydrogen-bond donors (Lipinski definition) is 0. The topological polar surface area (TPSA) is 26.3 Å². The molecule has 2 nitrogen and oxygen atoms in total. The molecule has 0 bridgehead atoms. The maximum atomic E-state index is 12.8. The van der Waals surface area contributed by atoms with Crippen LogP contribution >= 0.6 is 15.9 Å². The number of carbonyl (C=O) groups excluding carboxylic acids is 1. The molecule has 1 aromatic carbocycles. The first kappa shape index (κ1) is 27.7. The summed E-state index contributed by atoms with van der Waals surface area (Å²) in [5.41, 5.74) is 1.51. The molecule has 4 fully saturated rings. The second-order valence-electron chi connectivity index (χ2n) is 14.5. The second-order valence-corrected chi connectivity index (χ2v) is 16.0. The van der Waals surface area contributed by atoms with Crippen LogP contribution in [0.25, 0.3) is 0 Å². The summed E-state index contributed by atoms with van der Waals surface area (Å²) in [7, 11) is 0. The van der Waals surface area contributed by atoms with Crippen molar-refractivity contribution in [3.05, 3.63) is 35.9 Å². The predicted molar refractivity (Wildman–Crippen MR) is 157 cm³/mol. The third kappa shape index (κ3) is 4.98. The number of esters is 1. The molecule has 0 aliphatic heterocycles. The lowest BCUT2D eigenvalue weighted by atomic mass is 9.44. The number of ether oxygens (including phenoxy) is 1. The standard InChI is InChI=1S/C34H51BrO2/c1-23(2)10-9-11-24(3)28-14-15-29-27-17-21-34(35)22-26(37-31(36)25-12-7-6-8-13-25)16-20-33(34,5)30(27)18-19-32(28,29)4/h6-8,12-13,23-24,26-30H,9-11,14-22H2,1-5H3/t24-,26+,27-,28-,29-,30+,32-,33-,34+/m1/s1. The highest BCUT2D eigenvalue weighted by Crippen LogP contribution is 2.71. The Labute approximate surface area is 235 Å². The number of rotatable bonds is 7. The van der Waals surface area contributed by atoms with Crippen LogP contribution in [0.2, 0.25) is 0 Å². The molecule has 0 heterocycles. The van der Waals surface area contributed by atoms with E-state index in [1.165, 1.54) is 64.2 Å². The quantitative estimate of drug-likeness (QED) is 0.241. The molecule has 0 aromatic heterocycles. The van der Waals surface area contributed by atoms with E-state index in [0.717, 1.165) is 48.3 Å². The summed E-state index contributed by atoms with van der Waals surface area (Å²) in [5.74, 6) is 5.05. The zero-order chi connectivity index (χ0) is 26.4. The summed E-state index contributed by atoms with van der Waals surface area (Å²) in [6.07, 6.45) is 15.7. The van der Waals surface area contributed by atoms with Gasteiger partial charge in [-0.2, -0.15) is 0 Å². The first-order valence-corrected chi connectivity index (χ1v) is 16.3. The van der Waals surface area contributed by atoms with Crippen molar-refractivity contribution in [3.63, 3.8) is 0 Å². The van der Waals surface area contributed by atoms with Gasteiger partial charge in [-0.1, -0.05) is 88.0 Å². The number of hydrogen-bond acceptors (Lipinski definition) is 2. The Balaban J connectivity index is 1.26. The van der Waals surface area contributed by atoms with Crippen molar-refractivity contribution in [2.75, 3.05) is 0 Å². The van der Waals surface area contributed by atoms with E-state index < -0.39 is 0 Å². The van der Waals surface area contributed by atoms with Crippen LogP contribution in [0.5, 0.6) is 0 Å². The van der Waals surface area contributed by atoms with E-state index >= 15 is 0 Å². The highest BCUT2D eigenvalue weighted by Gasteiger charge is 2.64. The highest BCUT2D eigenvalue weighted by atomic mass is 79.9. The molecule has 37 heavy (non-hydrogen) atoms. The fourth-order valence-corrected chi connectivity index (χ4v) is 11.2. The van der Waals surface area contributed by atoms with E-state index in [1.807, 2.05) is 30.3 Å². The van der Waals surface area contributed by atoms with Crippen LogP contribution in [0.3, 0.4) is 0 Å². The van der Waals surface area contributed by atoms with Gasteiger partial charge < -0.3 is 4.74 Å². The molecule has 0 amide bonds. The van der Waals surface area contributed by atoms with Gasteiger partial charge in [0.15, 0.2) is 0 Å². The van der Waals surface area contributed by atoms with E-state index in [9.17, 15) is 4.79 Å². The van der Waals surface area contributed by atoms with Crippen molar-refractivity contribution < 1.29 is 9.53 Å². The van der Waals surface area contributed by atoms with Crippen LogP contribution in [-0.4, -0.2) is 16.4 Å². The molecule has 0 N–H and O–H groups in total. The molecule has 0 unspecified atom stereocenters. The first-order valence-electron chi connectivity index (χ1n) is 15.5. The van der Waals surface area contributed by atoms with Gasteiger partial charge in [0.25, 0.3) is 0 Å². The number of halogens is 1. The zero-order valence-electron chi connectivity index (χ0n) is 24.1. The summed E-state index contributed by atoms with van der Waals surface area (Å²) in [5, 5.41) is 0. The number of benzene rings is 1. The maximum Gasteiger partial charge on any atom is 0.338 e. The van der Waals surface area contributed by atoms with Gasteiger partial charge in [0.2, 0.25) is 0 Å². The Morgan fingerprint density at radius 3 is 2.43 bits per heavy atom. The second kappa shape index (κ2) is 10.6. The van der Waals surface area contributed by atoms with Gasteiger partial charge in [-0.25, -0.2) is 4.79 Å². The molecule has 4 aliphatic rings. The monoisotopic (exact) mass is 570 g/mol. The molecule has 0 radical (unpaired) electrons. The summed E-state index contributed by atoms with van der Waals surface area (Å²) >= 11 is 4.35. The number of fused-ring (bicyclic) bond motifs is 5. The normalized spacial score (nSPS) is 42.0. The zero-order valence-corrected chi connectivity index (χ0v) is 25.7. The van der Waals surface area contributed by atoms with Crippen LogP contribution < -0.4 is 0 Å². The van der Waals surface area contributed by atoms with Crippen LogP contribution in [-0.2, 0) is 4.74 Å². The van der Waals surface area contributed by atoms with Gasteiger partial charge in [0, 0.05) is 10.7 Å². The van der Waals surface area contributed by atoms with E-state index in [-0.39, 0.29) is 16.4 Å². The number of carbonyl (C=O) groups is 1. The van der Waals surface area contributed by atoms with Crippen LogP contribution in [0.15, 0.2) is 30.3 Å². The molecular formula is C34H51BrO2. The summed E-state index contributed by atoms with van der Waals surface area (Å²) < 4.78 is 6.17. The Bertz CT molecular complexity index is 944. The largest absolute Gasteiger partial charge is 0.459 e. The minimum Gasteiger partial charge on any atom is -0.459 e. The average Bonchev–Trinajstić information content (AvgIpc) is 3.22. The SMILES string of the molecule is CC(C)CCC[C@@H](C)[C@H]1CC[C@@H]2[C@H]3CC[C@]4(Br)C[C@@H](OC(=O)c5ccccc5)CC[C@]4(C)[C@H]3CC[C@@]21C. The lowest BCUT2D eigenvalue weighted by molar-refractivity contribution is -0.116. The molecule has 4 saturated carbocycles. The van der Waals surface area contributed by atoms with E-state index in [0.29, 0.717) is 16.4 Å². The number of alkyl halides is 1. The fourth-order valence-electron chi connectivity index (χ4n) is 10.1. The molecule has 5 rings (SSSR count). The predicted octanol–water partition coefficient (Wildman–Crippen LogP) is 9.85. The third-order valence-corrected chi connectivity index (χ3v) is 13.8. The van der Waals surface area contributed by atoms with Crippen LogP contribution in [0, 0.1) is 46.3 Å². The summed E-state index contributed by atoms with van der Waals surface area (Å²) in [6.45, 7) is 12.6. The van der Waals surface area contributed by atoms with Crippen molar-refractivity contribution in [3.8, 4) is 0 Å². The smallest absolute Gasteiger partial charge is 0.338 e. The average molecular weight is 572 g/mol. The minimum absolute atomic E-state index is 0.0214. The molecule has 206 valence electrons. The van der Waals surface area contributed by atoms with Crippen molar-refractivity contribution in [2.24, 2.45) is 46.3 Å². The van der Waals surface area contributed by atoms with E-state index in [4.69, 9.17) is 4.74 Å². The Morgan fingerprint density at radius 1 is 0.946 bits per heavy atom. The Kier molecular flexibility index (Phi) is 7.96. The van der Waals surface area contributed by atoms with Crippen LogP contribution in [0.4, 0.5) is 0 Å². The van der Waals surface area contributed by atoms with Gasteiger partial charge in [0.05, 0.1) is 5.56 Å². The summed E-state index contributed by atoms with van der Waals surface area (Å²) in [6, 6.07) is 9.51. The lowest BCUT2D eigenvalue weighted by Gasteiger charge is -2.64. The van der Waals surface area contributed by atoms with Gasteiger partial charge >= 0.3 is 5.97 Å².